The summed E-state index contributed by atoms with van der Waals surface area (Å²) in [5.41, 5.74) is 2.27. The van der Waals surface area contributed by atoms with Crippen LogP contribution in [0, 0.1) is 5.92 Å². The van der Waals surface area contributed by atoms with Crippen molar-refractivity contribution in [1.29, 1.82) is 0 Å². The van der Waals surface area contributed by atoms with Crippen molar-refractivity contribution in [3.8, 4) is 0 Å². The van der Waals surface area contributed by atoms with Gasteiger partial charge in [-0.2, -0.15) is 0 Å². The molecule has 0 spiro atoms. The molecule has 2 aliphatic heterocycles. The zero-order chi connectivity index (χ0) is 17.9. The van der Waals surface area contributed by atoms with Crippen molar-refractivity contribution in [3.05, 3.63) is 36.5 Å². The molecule has 4 rings (SSSR count). The standard InChI is InChI=1S/C21H28N4O/c1-23-11-4-6-17(16-23)21(26)25-13-5-12-24(14-15-25)20-9-10-22-19-8-3-2-7-18(19)20/h2-3,7-10,17H,4-6,11-16H2,1H3. The maximum Gasteiger partial charge on any atom is 0.227 e. The topological polar surface area (TPSA) is 39.7 Å². The van der Waals surface area contributed by atoms with Crippen molar-refractivity contribution in [1.82, 2.24) is 14.8 Å². The number of aromatic nitrogens is 1. The van der Waals surface area contributed by atoms with Gasteiger partial charge in [0.25, 0.3) is 0 Å². The Hall–Kier alpha value is -2.14. The third-order valence-electron chi connectivity index (χ3n) is 5.75. The van der Waals surface area contributed by atoms with Crippen molar-refractivity contribution in [2.24, 2.45) is 5.92 Å². The van der Waals surface area contributed by atoms with E-state index in [1.54, 1.807) is 0 Å². The lowest BCUT2D eigenvalue weighted by atomic mass is 9.97. The minimum atomic E-state index is 0.182. The van der Waals surface area contributed by atoms with Crippen LogP contribution in [0.25, 0.3) is 10.9 Å². The van der Waals surface area contributed by atoms with E-state index in [9.17, 15) is 4.79 Å². The van der Waals surface area contributed by atoms with E-state index >= 15 is 0 Å². The number of anilines is 1. The number of likely N-dealkylation sites (tertiary alicyclic amines) is 1. The van der Waals surface area contributed by atoms with E-state index in [1.807, 2.05) is 12.3 Å². The lowest BCUT2D eigenvalue weighted by Crippen LogP contribution is -2.44. The summed E-state index contributed by atoms with van der Waals surface area (Å²) in [6.07, 6.45) is 5.09. The van der Waals surface area contributed by atoms with Gasteiger partial charge in [-0.05, 0) is 45.0 Å². The van der Waals surface area contributed by atoms with Crippen molar-refractivity contribution in [2.45, 2.75) is 19.3 Å². The van der Waals surface area contributed by atoms with Crippen LogP contribution in [0.1, 0.15) is 19.3 Å². The summed E-state index contributed by atoms with van der Waals surface area (Å²) in [6, 6.07) is 10.4. The first-order chi connectivity index (χ1) is 12.7. The summed E-state index contributed by atoms with van der Waals surface area (Å²) in [7, 11) is 2.12. The smallest absolute Gasteiger partial charge is 0.227 e. The van der Waals surface area contributed by atoms with Gasteiger partial charge in [-0.25, -0.2) is 0 Å². The molecule has 138 valence electrons. The first-order valence-electron chi connectivity index (χ1n) is 9.78. The van der Waals surface area contributed by atoms with Crippen molar-refractivity contribution >= 4 is 22.5 Å². The van der Waals surface area contributed by atoms with Crippen LogP contribution in [0.5, 0.6) is 0 Å². The Balaban J connectivity index is 1.47. The average molecular weight is 352 g/mol. The van der Waals surface area contributed by atoms with Gasteiger partial charge in [0.15, 0.2) is 0 Å². The fourth-order valence-electron chi connectivity index (χ4n) is 4.36. The zero-order valence-electron chi connectivity index (χ0n) is 15.6. The number of rotatable bonds is 2. The fourth-order valence-corrected chi connectivity index (χ4v) is 4.36. The highest BCUT2D eigenvalue weighted by atomic mass is 16.2. The summed E-state index contributed by atoms with van der Waals surface area (Å²) in [5, 5.41) is 1.20. The SMILES string of the molecule is CN1CCCC(C(=O)N2CCCN(c3ccnc4ccccc34)CC2)C1. The number of nitrogens with zero attached hydrogens (tertiary/aromatic N) is 4. The lowest BCUT2D eigenvalue weighted by molar-refractivity contribution is -0.136. The van der Waals surface area contributed by atoms with Gasteiger partial charge >= 0.3 is 0 Å². The number of amides is 1. The van der Waals surface area contributed by atoms with E-state index in [0.29, 0.717) is 5.91 Å². The molecule has 1 aromatic heterocycles. The Morgan fingerprint density at radius 2 is 1.92 bits per heavy atom. The average Bonchev–Trinajstić information content (AvgIpc) is 2.93. The van der Waals surface area contributed by atoms with Crippen LogP contribution in [0.2, 0.25) is 0 Å². The molecule has 0 aliphatic carbocycles. The van der Waals surface area contributed by atoms with E-state index in [-0.39, 0.29) is 5.92 Å². The number of fused-ring (bicyclic) bond motifs is 1. The molecule has 1 amide bonds. The second kappa shape index (κ2) is 7.62. The van der Waals surface area contributed by atoms with Crippen molar-refractivity contribution < 1.29 is 4.79 Å². The molecule has 2 aliphatic rings. The molecule has 1 atom stereocenters. The second-order valence-corrected chi connectivity index (χ2v) is 7.61. The predicted molar refractivity (Wildman–Crippen MR) is 105 cm³/mol. The van der Waals surface area contributed by atoms with Gasteiger partial charge in [0.05, 0.1) is 11.4 Å². The van der Waals surface area contributed by atoms with Gasteiger partial charge in [-0.15, -0.1) is 0 Å². The predicted octanol–water partition coefficient (Wildman–Crippen LogP) is 2.62. The molecule has 0 N–H and O–H groups in total. The molecule has 0 radical (unpaired) electrons. The van der Waals surface area contributed by atoms with Gasteiger partial charge < -0.3 is 14.7 Å². The summed E-state index contributed by atoms with van der Waals surface area (Å²) in [4.78, 5) is 24.3. The van der Waals surface area contributed by atoms with E-state index in [2.05, 4.69) is 51.0 Å². The van der Waals surface area contributed by atoms with Crippen molar-refractivity contribution in [3.63, 3.8) is 0 Å². The second-order valence-electron chi connectivity index (χ2n) is 7.61. The number of benzene rings is 1. The van der Waals surface area contributed by atoms with Crippen LogP contribution in [0.3, 0.4) is 0 Å². The quantitative estimate of drug-likeness (QED) is 0.833. The van der Waals surface area contributed by atoms with Crippen LogP contribution in [-0.4, -0.2) is 67.0 Å². The number of piperidine rings is 1. The summed E-state index contributed by atoms with van der Waals surface area (Å²) >= 11 is 0. The van der Waals surface area contributed by atoms with Crippen LogP contribution in [0.4, 0.5) is 5.69 Å². The molecule has 0 saturated carbocycles. The molecule has 26 heavy (non-hydrogen) atoms. The maximum atomic E-state index is 13.0. The maximum absolute atomic E-state index is 13.0. The zero-order valence-corrected chi connectivity index (χ0v) is 15.6. The number of para-hydroxylation sites is 1. The summed E-state index contributed by atoms with van der Waals surface area (Å²) in [6.45, 7) is 5.60. The fraction of sp³-hybridized carbons (Fsp3) is 0.524. The molecule has 1 aromatic carbocycles. The van der Waals surface area contributed by atoms with E-state index in [4.69, 9.17) is 0 Å². The summed E-state index contributed by atoms with van der Waals surface area (Å²) in [5.74, 6) is 0.542. The Labute approximate surface area is 155 Å². The normalized spacial score (nSPS) is 22.4. The highest BCUT2D eigenvalue weighted by molar-refractivity contribution is 5.91. The van der Waals surface area contributed by atoms with Crippen LogP contribution in [0.15, 0.2) is 36.5 Å². The minimum Gasteiger partial charge on any atom is -0.369 e. The molecule has 5 heteroatoms. The number of carbonyl (C=O) groups excluding carboxylic acids is 1. The number of hydrogen-bond acceptors (Lipinski definition) is 4. The van der Waals surface area contributed by atoms with Gasteiger partial charge in [0.1, 0.15) is 0 Å². The van der Waals surface area contributed by atoms with Crippen LogP contribution < -0.4 is 4.90 Å². The molecule has 3 heterocycles. The van der Waals surface area contributed by atoms with E-state index in [0.717, 1.165) is 64.0 Å². The summed E-state index contributed by atoms with van der Waals surface area (Å²) < 4.78 is 0. The molecule has 2 saturated heterocycles. The molecule has 2 fully saturated rings. The molecule has 2 aromatic rings. The number of hydrogen-bond donors (Lipinski definition) is 0. The first-order valence-corrected chi connectivity index (χ1v) is 9.78. The number of pyridine rings is 1. The Kier molecular flexibility index (Phi) is 5.07. The van der Waals surface area contributed by atoms with Gasteiger partial charge in [0, 0.05) is 50.0 Å². The third kappa shape index (κ3) is 3.54. The lowest BCUT2D eigenvalue weighted by Gasteiger charge is -2.32. The van der Waals surface area contributed by atoms with Crippen LogP contribution >= 0.6 is 0 Å². The molecule has 5 nitrogen and oxygen atoms in total. The number of carbonyl (C=O) groups is 1. The van der Waals surface area contributed by atoms with Gasteiger partial charge in [0.2, 0.25) is 5.91 Å². The monoisotopic (exact) mass is 352 g/mol. The highest BCUT2D eigenvalue weighted by Crippen LogP contribution is 2.26. The van der Waals surface area contributed by atoms with E-state index < -0.39 is 0 Å². The van der Waals surface area contributed by atoms with Crippen LogP contribution in [-0.2, 0) is 4.79 Å². The van der Waals surface area contributed by atoms with E-state index in [1.165, 1.54) is 11.1 Å². The Morgan fingerprint density at radius 1 is 1.04 bits per heavy atom. The largest absolute Gasteiger partial charge is 0.369 e. The molecule has 0 bridgehead atoms. The molecular weight excluding hydrogens is 324 g/mol. The first kappa shape index (κ1) is 17.3. The minimum absolute atomic E-state index is 0.182. The Morgan fingerprint density at radius 3 is 2.81 bits per heavy atom. The third-order valence-corrected chi connectivity index (χ3v) is 5.75. The van der Waals surface area contributed by atoms with Crippen molar-refractivity contribution in [2.75, 3.05) is 51.2 Å². The van der Waals surface area contributed by atoms with Gasteiger partial charge in [-0.1, -0.05) is 18.2 Å². The molecular formula is C21H28N4O. The van der Waals surface area contributed by atoms with Gasteiger partial charge in [-0.3, -0.25) is 9.78 Å². The Bertz CT molecular complexity index is 772. The molecule has 1 unspecified atom stereocenters. The highest BCUT2D eigenvalue weighted by Gasteiger charge is 2.29.